The van der Waals surface area contributed by atoms with Crippen molar-refractivity contribution in [3.8, 4) is 79.7 Å². The Bertz CT molecular complexity index is 4340. The van der Waals surface area contributed by atoms with Crippen molar-refractivity contribution in [1.82, 2.24) is 39.0 Å². The van der Waals surface area contributed by atoms with E-state index in [4.69, 9.17) is 29.9 Å². The minimum atomic E-state index is -0.410. The van der Waals surface area contributed by atoms with Gasteiger partial charge in [-0.05, 0) is 65.2 Å². The highest BCUT2D eigenvalue weighted by Gasteiger charge is 2.42. The molecule has 0 fully saturated rings. The van der Waals surface area contributed by atoms with Gasteiger partial charge < -0.3 is 9.13 Å². The SMILES string of the molecule is CC1(C)c2ccccc2-n2c3c1cc(-c1nc(-c4ccccc4)nc(-c4ccccc4)n1)cc3c1cc3c4cc(-c5nc(-c6ccccc6)nc(-c6ccccc6)n5)ccc4n4c3c(c12)C(C)(C)c1ccccc1-4. The Hall–Kier alpha value is -9.40. The molecule has 6 heterocycles. The smallest absolute Gasteiger partial charge is 0.164 e. The fourth-order valence-corrected chi connectivity index (χ4v) is 12.2. The third-order valence-electron chi connectivity index (χ3n) is 15.7. The molecule has 8 nitrogen and oxygen atoms in total. The van der Waals surface area contributed by atoms with Crippen LogP contribution in [0.1, 0.15) is 49.9 Å². The molecule has 4 aromatic heterocycles. The zero-order chi connectivity index (χ0) is 49.5. The van der Waals surface area contributed by atoms with Gasteiger partial charge in [-0.1, -0.05) is 185 Å². The van der Waals surface area contributed by atoms with E-state index in [9.17, 15) is 0 Å². The molecule has 13 aromatic rings. The van der Waals surface area contributed by atoms with Gasteiger partial charge in [0.15, 0.2) is 34.9 Å². The van der Waals surface area contributed by atoms with Crippen molar-refractivity contribution in [2.24, 2.45) is 0 Å². The molecular weight excluding hydrogens is 905 g/mol. The second-order valence-corrected chi connectivity index (χ2v) is 20.7. The van der Waals surface area contributed by atoms with Crippen molar-refractivity contribution in [1.29, 1.82) is 0 Å². The number of aromatic nitrogens is 8. The Morgan fingerprint density at radius 2 is 0.662 bits per heavy atom. The maximum atomic E-state index is 5.30. The molecule has 8 heteroatoms. The fourth-order valence-electron chi connectivity index (χ4n) is 12.2. The third-order valence-corrected chi connectivity index (χ3v) is 15.7. The van der Waals surface area contributed by atoms with Gasteiger partial charge in [0.25, 0.3) is 0 Å². The van der Waals surface area contributed by atoms with Crippen LogP contribution in [0.4, 0.5) is 0 Å². The molecule has 0 unspecified atom stereocenters. The molecule has 0 saturated carbocycles. The number of nitrogens with zero attached hydrogens (tertiary/aromatic N) is 8. The molecule has 0 radical (unpaired) electrons. The van der Waals surface area contributed by atoms with Gasteiger partial charge in [-0.3, -0.25) is 0 Å². The van der Waals surface area contributed by atoms with E-state index in [-0.39, 0.29) is 5.41 Å². The largest absolute Gasteiger partial charge is 0.309 e. The van der Waals surface area contributed by atoms with Crippen LogP contribution in [0.5, 0.6) is 0 Å². The average Bonchev–Trinajstić information content (AvgIpc) is 4.14. The molecule has 0 N–H and O–H groups in total. The molecular formula is C66H46N8. The van der Waals surface area contributed by atoms with Crippen molar-refractivity contribution in [3.05, 3.63) is 229 Å². The zero-order valence-corrected chi connectivity index (χ0v) is 41.2. The monoisotopic (exact) mass is 950 g/mol. The van der Waals surface area contributed by atoms with Crippen molar-refractivity contribution >= 4 is 43.6 Å². The minimum absolute atomic E-state index is 0.371. The van der Waals surface area contributed by atoms with Gasteiger partial charge >= 0.3 is 0 Å². The summed E-state index contributed by atoms with van der Waals surface area (Å²) in [5, 5.41) is 4.62. The summed E-state index contributed by atoms with van der Waals surface area (Å²) in [4.78, 5) is 31.1. The van der Waals surface area contributed by atoms with E-state index in [0.29, 0.717) is 34.9 Å². The molecule has 350 valence electrons. The Labute approximate surface area is 427 Å². The first-order valence-electron chi connectivity index (χ1n) is 25.3. The fraction of sp³-hybridized carbons (Fsp3) is 0.0909. The highest BCUT2D eigenvalue weighted by Crippen LogP contribution is 2.56. The molecule has 2 aliphatic rings. The summed E-state index contributed by atoms with van der Waals surface area (Å²) in [6, 6.07) is 72.7. The van der Waals surface area contributed by atoms with Crippen LogP contribution >= 0.6 is 0 Å². The highest BCUT2D eigenvalue weighted by molar-refractivity contribution is 6.23. The van der Waals surface area contributed by atoms with Gasteiger partial charge in [0.1, 0.15) is 0 Å². The normalized spacial score (nSPS) is 13.9. The lowest BCUT2D eigenvalue weighted by molar-refractivity contribution is 0.624. The van der Waals surface area contributed by atoms with Crippen molar-refractivity contribution < 1.29 is 0 Å². The topological polar surface area (TPSA) is 87.2 Å². The van der Waals surface area contributed by atoms with Gasteiger partial charge in [-0.2, -0.15) is 0 Å². The van der Waals surface area contributed by atoms with E-state index >= 15 is 0 Å². The molecule has 0 aliphatic carbocycles. The molecule has 0 saturated heterocycles. The Morgan fingerprint density at radius 1 is 0.284 bits per heavy atom. The third kappa shape index (κ3) is 6.08. The van der Waals surface area contributed by atoms with Crippen LogP contribution in [-0.4, -0.2) is 39.0 Å². The molecule has 0 bridgehead atoms. The summed E-state index contributed by atoms with van der Waals surface area (Å²) in [5.41, 5.74) is 17.0. The van der Waals surface area contributed by atoms with Gasteiger partial charge in [0.05, 0.1) is 33.4 Å². The first-order valence-corrected chi connectivity index (χ1v) is 25.3. The van der Waals surface area contributed by atoms with E-state index in [1.54, 1.807) is 0 Å². The van der Waals surface area contributed by atoms with Crippen LogP contribution in [0.15, 0.2) is 206 Å². The summed E-state index contributed by atoms with van der Waals surface area (Å²) < 4.78 is 5.10. The number of benzene rings is 9. The van der Waals surface area contributed by atoms with Crippen LogP contribution in [0, 0.1) is 0 Å². The molecule has 2 aliphatic heterocycles. The lowest BCUT2D eigenvalue weighted by Gasteiger charge is -2.37. The van der Waals surface area contributed by atoms with Crippen LogP contribution in [-0.2, 0) is 10.8 Å². The van der Waals surface area contributed by atoms with Crippen molar-refractivity contribution in [2.75, 3.05) is 0 Å². The molecule has 0 spiro atoms. The average molecular weight is 951 g/mol. The van der Waals surface area contributed by atoms with Crippen LogP contribution in [0.3, 0.4) is 0 Å². The molecule has 9 aromatic carbocycles. The second-order valence-electron chi connectivity index (χ2n) is 20.7. The maximum absolute atomic E-state index is 5.30. The Kier molecular flexibility index (Phi) is 8.89. The summed E-state index contributed by atoms with van der Waals surface area (Å²) in [6.07, 6.45) is 0. The predicted octanol–water partition coefficient (Wildman–Crippen LogP) is 15.5. The van der Waals surface area contributed by atoms with Gasteiger partial charge in [-0.15, -0.1) is 0 Å². The second kappa shape index (κ2) is 15.6. The number of hydrogen-bond acceptors (Lipinski definition) is 6. The van der Waals surface area contributed by atoms with E-state index in [2.05, 4.69) is 170 Å². The zero-order valence-electron chi connectivity index (χ0n) is 41.2. The highest BCUT2D eigenvalue weighted by atomic mass is 15.1. The summed E-state index contributed by atoms with van der Waals surface area (Å²) in [6.45, 7) is 9.54. The molecule has 0 atom stereocenters. The number of hydrogen-bond donors (Lipinski definition) is 0. The number of rotatable bonds is 6. The summed E-state index contributed by atoms with van der Waals surface area (Å²) in [5.74, 6) is 3.78. The first-order chi connectivity index (χ1) is 36.2. The van der Waals surface area contributed by atoms with Crippen LogP contribution in [0.25, 0.3) is 123 Å². The van der Waals surface area contributed by atoms with E-state index in [1.807, 2.05) is 72.8 Å². The lowest BCUT2D eigenvalue weighted by atomic mass is 9.73. The maximum Gasteiger partial charge on any atom is 0.164 e. The summed E-state index contributed by atoms with van der Waals surface area (Å²) >= 11 is 0. The Balaban J connectivity index is 1.07. The number of para-hydroxylation sites is 2. The minimum Gasteiger partial charge on any atom is -0.309 e. The lowest BCUT2D eigenvalue weighted by Crippen LogP contribution is -2.29. The van der Waals surface area contributed by atoms with Crippen LogP contribution < -0.4 is 0 Å². The Morgan fingerprint density at radius 3 is 1.18 bits per heavy atom. The molecule has 0 amide bonds. The van der Waals surface area contributed by atoms with Crippen LogP contribution in [0.2, 0.25) is 0 Å². The quantitative estimate of drug-likeness (QED) is 0.165. The molecule has 15 rings (SSSR count). The summed E-state index contributed by atoms with van der Waals surface area (Å²) in [7, 11) is 0. The van der Waals surface area contributed by atoms with E-state index in [0.717, 1.165) is 49.7 Å². The number of fused-ring (bicyclic) bond motifs is 11. The first kappa shape index (κ1) is 42.3. The standard InChI is InChI=1S/C66H46N8/c1-65(2)49-29-17-20-32-54(49)74-56-46(36-44(37-51(56)65)64-71-61(41-25-13-7-14-26-41)68-62(72-64)42-27-15-8-16-28-42)48-38-47-45-35-43(63-69-59(39-21-9-5-10-22-39)67-60(70-63)40-23-11-6-12-24-40)33-34-52(45)73-53-31-19-18-30-50(53)66(3,4)55(57(47)73)58(48)74/h5-38H,1-4H3. The predicted molar refractivity (Wildman–Crippen MR) is 299 cm³/mol. The van der Waals surface area contributed by atoms with Gasteiger partial charge in [0.2, 0.25) is 0 Å². The van der Waals surface area contributed by atoms with Gasteiger partial charge in [0, 0.05) is 71.3 Å². The van der Waals surface area contributed by atoms with Gasteiger partial charge in [-0.25, -0.2) is 29.9 Å². The van der Waals surface area contributed by atoms with E-state index < -0.39 is 5.41 Å². The molecule has 74 heavy (non-hydrogen) atoms. The van der Waals surface area contributed by atoms with Crippen molar-refractivity contribution in [3.63, 3.8) is 0 Å². The van der Waals surface area contributed by atoms with E-state index in [1.165, 1.54) is 61.0 Å². The van der Waals surface area contributed by atoms with Crippen molar-refractivity contribution in [2.45, 2.75) is 38.5 Å².